The minimum absolute atomic E-state index is 0.123. The molecule has 0 aliphatic rings. The van der Waals surface area contributed by atoms with Crippen LogP contribution in [-0.2, 0) is 22.4 Å². The maximum Gasteiger partial charge on any atom is 0.242 e. The number of nitrogens with one attached hydrogen (secondary N) is 1. The van der Waals surface area contributed by atoms with E-state index in [0.29, 0.717) is 31.8 Å². The zero-order chi connectivity index (χ0) is 21.2. The summed E-state index contributed by atoms with van der Waals surface area (Å²) >= 11 is 0. The van der Waals surface area contributed by atoms with Crippen LogP contribution in [-0.4, -0.2) is 35.8 Å². The van der Waals surface area contributed by atoms with Crippen LogP contribution in [0.15, 0.2) is 54.6 Å². The first-order chi connectivity index (χ1) is 13.9. The van der Waals surface area contributed by atoms with E-state index in [0.717, 1.165) is 11.1 Å². The Labute approximate surface area is 173 Å². The first-order valence-corrected chi connectivity index (χ1v) is 10.3. The standard InChI is InChI=1S/C24H31FN2O2/c1-4-22(24(29)26-17-18(2)3)27(15-14-19-8-6-5-7-9-19)23(28)16-20-10-12-21(25)13-11-20/h5-13,18,22H,4,14-17H2,1-3H3,(H,26,29). The fourth-order valence-corrected chi connectivity index (χ4v) is 3.20. The van der Waals surface area contributed by atoms with E-state index in [1.807, 2.05) is 51.1 Å². The van der Waals surface area contributed by atoms with Crippen molar-refractivity contribution in [1.29, 1.82) is 0 Å². The molecule has 1 N–H and O–H groups in total. The van der Waals surface area contributed by atoms with Crippen LogP contribution in [0.5, 0.6) is 0 Å². The van der Waals surface area contributed by atoms with Gasteiger partial charge in [-0.05, 0) is 42.0 Å². The summed E-state index contributed by atoms with van der Waals surface area (Å²) < 4.78 is 13.2. The number of benzene rings is 2. The fourth-order valence-electron chi connectivity index (χ4n) is 3.20. The summed E-state index contributed by atoms with van der Waals surface area (Å²) in [5.74, 6) is -0.244. The van der Waals surface area contributed by atoms with Gasteiger partial charge in [0.15, 0.2) is 0 Å². The summed E-state index contributed by atoms with van der Waals surface area (Å²) in [5.41, 5.74) is 1.85. The van der Waals surface area contributed by atoms with Gasteiger partial charge in [-0.2, -0.15) is 0 Å². The molecule has 29 heavy (non-hydrogen) atoms. The van der Waals surface area contributed by atoms with Gasteiger partial charge < -0.3 is 10.2 Å². The van der Waals surface area contributed by atoms with Crippen molar-refractivity contribution in [3.05, 3.63) is 71.5 Å². The van der Waals surface area contributed by atoms with Crippen LogP contribution < -0.4 is 5.32 Å². The number of hydrogen-bond donors (Lipinski definition) is 1. The SMILES string of the molecule is CCC(C(=O)NCC(C)C)N(CCc1ccccc1)C(=O)Cc1ccc(F)cc1. The lowest BCUT2D eigenvalue weighted by Crippen LogP contribution is -2.51. The fraction of sp³-hybridized carbons (Fsp3) is 0.417. The molecule has 2 rings (SSSR count). The molecule has 0 aromatic heterocycles. The highest BCUT2D eigenvalue weighted by Crippen LogP contribution is 2.13. The van der Waals surface area contributed by atoms with Crippen molar-refractivity contribution < 1.29 is 14.0 Å². The second kappa shape index (κ2) is 11.3. The summed E-state index contributed by atoms with van der Waals surface area (Å²) in [5, 5.41) is 2.96. The van der Waals surface area contributed by atoms with Crippen molar-refractivity contribution in [3.63, 3.8) is 0 Å². The molecule has 1 atom stereocenters. The molecule has 2 aromatic carbocycles. The molecule has 5 heteroatoms. The maximum atomic E-state index is 13.2. The second-order valence-electron chi connectivity index (χ2n) is 7.69. The Morgan fingerprint density at radius 2 is 1.66 bits per heavy atom. The molecule has 0 aliphatic carbocycles. The molecule has 1 unspecified atom stereocenters. The van der Waals surface area contributed by atoms with Crippen LogP contribution >= 0.6 is 0 Å². The van der Waals surface area contributed by atoms with E-state index >= 15 is 0 Å². The van der Waals surface area contributed by atoms with Crippen LogP contribution in [0, 0.1) is 11.7 Å². The van der Waals surface area contributed by atoms with Crippen LogP contribution in [0.2, 0.25) is 0 Å². The van der Waals surface area contributed by atoms with Gasteiger partial charge in [-0.3, -0.25) is 9.59 Å². The van der Waals surface area contributed by atoms with E-state index in [-0.39, 0.29) is 24.1 Å². The van der Waals surface area contributed by atoms with Crippen molar-refractivity contribution in [2.75, 3.05) is 13.1 Å². The number of nitrogens with zero attached hydrogens (tertiary/aromatic N) is 1. The number of carbonyl (C=O) groups is 2. The summed E-state index contributed by atoms with van der Waals surface area (Å²) in [6, 6.07) is 15.3. The summed E-state index contributed by atoms with van der Waals surface area (Å²) in [6.07, 6.45) is 1.35. The Morgan fingerprint density at radius 1 is 1.00 bits per heavy atom. The zero-order valence-electron chi connectivity index (χ0n) is 17.5. The average Bonchev–Trinajstić information content (AvgIpc) is 2.71. The summed E-state index contributed by atoms with van der Waals surface area (Å²) in [7, 11) is 0. The van der Waals surface area contributed by atoms with E-state index in [2.05, 4.69) is 5.32 Å². The molecule has 0 saturated heterocycles. The molecule has 0 saturated carbocycles. The van der Waals surface area contributed by atoms with E-state index in [1.54, 1.807) is 17.0 Å². The first-order valence-electron chi connectivity index (χ1n) is 10.3. The largest absolute Gasteiger partial charge is 0.354 e. The van der Waals surface area contributed by atoms with Gasteiger partial charge in [0.05, 0.1) is 6.42 Å². The van der Waals surface area contributed by atoms with E-state index in [9.17, 15) is 14.0 Å². The Hall–Kier alpha value is -2.69. The number of carbonyl (C=O) groups excluding carboxylic acids is 2. The molecule has 2 amide bonds. The summed E-state index contributed by atoms with van der Waals surface area (Å²) in [4.78, 5) is 27.6. The van der Waals surface area contributed by atoms with Gasteiger partial charge in [-0.15, -0.1) is 0 Å². The molecule has 0 spiro atoms. The number of hydrogen-bond acceptors (Lipinski definition) is 2. The minimum Gasteiger partial charge on any atom is -0.354 e. The van der Waals surface area contributed by atoms with Crippen molar-refractivity contribution in [2.24, 2.45) is 5.92 Å². The number of halogens is 1. The lowest BCUT2D eigenvalue weighted by atomic mass is 10.1. The Bertz CT molecular complexity index is 775. The van der Waals surface area contributed by atoms with Crippen LogP contribution in [0.3, 0.4) is 0 Å². The molecule has 0 radical (unpaired) electrons. The van der Waals surface area contributed by atoms with Gasteiger partial charge >= 0.3 is 0 Å². The minimum atomic E-state index is -0.523. The third kappa shape index (κ3) is 7.33. The van der Waals surface area contributed by atoms with Crippen LogP contribution in [0.4, 0.5) is 4.39 Å². The Morgan fingerprint density at radius 3 is 2.24 bits per heavy atom. The quantitative estimate of drug-likeness (QED) is 0.658. The monoisotopic (exact) mass is 398 g/mol. The normalized spacial score (nSPS) is 11.9. The van der Waals surface area contributed by atoms with Gasteiger partial charge in [0, 0.05) is 13.1 Å². The molecular formula is C24H31FN2O2. The van der Waals surface area contributed by atoms with Gasteiger partial charge in [-0.25, -0.2) is 4.39 Å². The lowest BCUT2D eigenvalue weighted by Gasteiger charge is -2.31. The highest BCUT2D eigenvalue weighted by molar-refractivity contribution is 5.88. The predicted octanol–water partition coefficient (Wildman–Crippen LogP) is 3.99. The van der Waals surface area contributed by atoms with Gasteiger partial charge in [0.1, 0.15) is 11.9 Å². The highest BCUT2D eigenvalue weighted by atomic mass is 19.1. The summed E-state index contributed by atoms with van der Waals surface area (Å²) in [6.45, 7) is 7.02. The molecule has 156 valence electrons. The van der Waals surface area contributed by atoms with E-state index in [1.165, 1.54) is 12.1 Å². The maximum absolute atomic E-state index is 13.2. The number of amides is 2. The molecular weight excluding hydrogens is 367 g/mol. The zero-order valence-corrected chi connectivity index (χ0v) is 17.5. The molecule has 0 aliphatic heterocycles. The van der Waals surface area contributed by atoms with Gasteiger partial charge in [0.2, 0.25) is 11.8 Å². The first kappa shape index (κ1) is 22.6. The lowest BCUT2D eigenvalue weighted by molar-refractivity contribution is -0.140. The Balaban J connectivity index is 2.16. The van der Waals surface area contributed by atoms with E-state index < -0.39 is 6.04 Å². The van der Waals surface area contributed by atoms with Crippen molar-refractivity contribution in [3.8, 4) is 0 Å². The van der Waals surface area contributed by atoms with Gasteiger partial charge in [-0.1, -0.05) is 63.2 Å². The van der Waals surface area contributed by atoms with E-state index in [4.69, 9.17) is 0 Å². The smallest absolute Gasteiger partial charge is 0.242 e. The van der Waals surface area contributed by atoms with Gasteiger partial charge in [0.25, 0.3) is 0 Å². The van der Waals surface area contributed by atoms with Crippen LogP contribution in [0.25, 0.3) is 0 Å². The molecule has 0 bridgehead atoms. The Kier molecular flexibility index (Phi) is 8.84. The molecule has 4 nitrogen and oxygen atoms in total. The topological polar surface area (TPSA) is 49.4 Å². The van der Waals surface area contributed by atoms with Crippen LogP contribution in [0.1, 0.15) is 38.3 Å². The second-order valence-corrected chi connectivity index (χ2v) is 7.69. The molecule has 2 aromatic rings. The van der Waals surface area contributed by atoms with Crippen molar-refractivity contribution in [2.45, 2.75) is 46.1 Å². The average molecular weight is 399 g/mol. The third-order valence-electron chi connectivity index (χ3n) is 4.82. The predicted molar refractivity (Wildman–Crippen MR) is 114 cm³/mol. The molecule has 0 fully saturated rings. The van der Waals surface area contributed by atoms with Crippen molar-refractivity contribution in [1.82, 2.24) is 10.2 Å². The highest BCUT2D eigenvalue weighted by Gasteiger charge is 2.28. The molecule has 0 heterocycles. The number of rotatable bonds is 10. The third-order valence-corrected chi connectivity index (χ3v) is 4.82. The van der Waals surface area contributed by atoms with Crippen molar-refractivity contribution >= 4 is 11.8 Å².